The second kappa shape index (κ2) is 7.86. The first-order valence-electron chi connectivity index (χ1n) is 7.34. The Hall–Kier alpha value is -3.23. The molecule has 0 aliphatic carbocycles. The number of hydrogen-bond acceptors (Lipinski definition) is 8. The topological polar surface area (TPSA) is 119 Å². The van der Waals surface area contributed by atoms with Crippen molar-refractivity contribution in [2.45, 2.75) is 13.8 Å². The summed E-state index contributed by atoms with van der Waals surface area (Å²) in [5.41, 5.74) is 0.703. The summed E-state index contributed by atoms with van der Waals surface area (Å²) < 4.78 is 4.90. The van der Waals surface area contributed by atoms with Crippen molar-refractivity contribution in [2.24, 2.45) is 0 Å². The maximum atomic E-state index is 11.6. The molecule has 0 unspecified atom stereocenters. The van der Waals surface area contributed by atoms with Gasteiger partial charge in [-0.15, -0.1) is 0 Å². The minimum atomic E-state index is -0.548. The van der Waals surface area contributed by atoms with Gasteiger partial charge in [-0.2, -0.15) is 0 Å². The number of hydrogen-bond donors (Lipinski definition) is 2. The lowest BCUT2D eigenvalue weighted by Crippen LogP contribution is -2.08. The molecule has 0 spiro atoms. The maximum Gasteiger partial charge on any atom is 0.353 e. The molecule has 2 N–H and O–H groups in total. The minimum Gasteiger partial charge on any atom is -0.462 e. The summed E-state index contributed by atoms with van der Waals surface area (Å²) in [4.78, 5) is 30.2. The highest BCUT2D eigenvalue weighted by molar-refractivity contribution is 5.90. The van der Waals surface area contributed by atoms with Gasteiger partial charge in [0.25, 0.3) is 0 Å². The molecule has 24 heavy (non-hydrogen) atoms. The van der Waals surface area contributed by atoms with Crippen LogP contribution >= 0.6 is 0 Å². The van der Waals surface area contributed by atoms with Crippen molar-refractivity contribution >= 4 is 29.0 Å². The number of benzene rings is 1. The monoisotopic (exact) mass is 331 g/mol. The standard InChI is InChI=1S/C15H17N5O4/c1-3-16-13-12(20(22)23)14(18-9-17-13)19-11-7-5-10(6-8-11)15(21)24-4-2/h5-9H,3-4H2,1-2H3,(H2,16,17,18,19). The molecule has 1 aromatic heterocycles. The van der Waals surface area contributed by atoms with Crippen LogP contribution in [0.15, 0.2) is 30.6 Å². The van der Waals surface area contributed by atoms with E-state index in [1.165, 1.54) is 6.33 Å². The highest BCUT2D eigenvalue weighted by Crippen LogP contribution is 2.30. The zero-order valence-electron chi connectivity index (χ0n) is 13.3. The molecule has 0 bridgehead atoms. The van der Waals surface area contributed by atoms with E-state index in [1.807, 2.05) is 6.92 Å². The van der Waals surface area contributed by atoms with Gasteiger partial charge in [-0.25, -0.2) is 14.8 Å². The van der Waals surface area contributed by atoms with Crippen LogP contribution in [0.25, 0.3) is 0 Å². The molecule has 9 nitrogen and oxygen atoms in total. The second-order valence-corrected chi connectivity index (χ2v) is 4.63. The lowest BCUT2D eigenvalue weighted by molar-refractivity contribution is -0.383. The van der Waals surface area contributed by atoms with Gasteiger partial charge >= 0.3 is 11.7 Å². The maximum absolute atomic E-state index is 11.6. The Kier molecular flexibility index (Phi) is 5.61. The molecule has 0 aliphatic heterocycles. The van der Waals surface area contributed by atoms with Gasteiger partial charge in [0.1, 0.15) is 6.33 Å². The Morgan fingerprint density at radius 1 is 1.21 bits per heavy atom. The Bertz CT molecular complexity index is 733. The van der Waals surface area contributed by atoms with Crippen molar-refractivity contribution in [2.75, 3.05) is 23.8 Å². The van der Waals surface area contributed by atoms with Crippen LogP contribution in [0.5, 0.6) is 0 Å². The first-order valence-corrected chi connectivity index (χ1v) is 7.34. The first kappa shape index (κ1) is 17.1. The van der Waals surface area contributed by atoms with E-state index in [9.17, 15) is 14.9 Å². The highest BCUT2D eigenvalue weighted by Gasteiger charge is 2.22. The van der Waals surface area contributed by atoms with Crippen LogP contribution in [0.4, 0.5) is 23.0 Å². The summed E-state index contributed by atoms with van der Waals surface area (Å²) >= 11 is 0. The molecule has 0 aliphatic rings. The first-order chi connectivity index (χ1) is 11.6. The van der Waals surface area contributed by atoms with E-state index in [0.29, 0.717) is 24.4 Å². The van der Waals surface area contributed by atoms with Crippen molar-refractivity contribution in [3.05, 3.63) is 46.3 Å². The van der Waals surface area contributed by atoms with Gasteiger partial charge < -0.3 is 15.4 Å². The van der Waals surface area contributed by atoms with Gasteiger partial charge in [0.05, 0.1) is 17.1 Å². The highest BCUT2D eigenvalue weighted by atomic mass is 16.6. The average molecular weight is 331 g/mol. The number of nitrogens with one attached hydrogen (secondary N) is 2. The molecule has 2 aromatic rings. The minimum absolute atomic E-state index is 0.0647. The predicted octanol–water partition coefficient (Wildman–Crippen LogP) is 2.74. The summed E-state index contributed by atoms with van der Waals surface area (Å²) in [6.45, 7) is 4.32. The molecule has 0 atom stereocenters. The third-order valence-corrected chi connectivity index (χ3v) is 3.01. The third kappa shape index (κ3) is 3.94. The van der Waals surface area contributed by atoms with Gasteiger partial charge in [-0.3, -0.25) is 10.1 Å². The van der Waals surface area contributed by atoms with Crippen molar-refractivity contribution in [3.63, 3.8) is 0 Å². The zero-order chi connectivity index (χ0) is 17.5. The van der Waals surface area contributed by atoms with E-state index in [4.69, 9.17) is 4.74 Å². The molecule has 9 heteroatoms. The van der Waals surface area contributed by atoms with Gasteiger partial charge in [0.2, 0.25) is 11.6 Å². The van der Waals surface area contributed by atoms with Gasteiger partial charge in [0.15, 0.2) is 0 Å². The number of ether oxygens (including phenoxy) is 1. The number of nitro groups is 1. The molecule has 0 amide bonds. The smallest absolute Gasteiger partial charge is 0.353 e. The molecule has 0 saturated heterocycles. The number of esters is 1. The van der Waals surface area contributed by atoms with E-state index in [1.54, 1.807) is 31.2 Å². The van der Waals surface area contributed by atoms with Crippen LogP contribution in [0.2, 0.25) is 0 Å². The van der Waals surface area contributed by atoms with Crippen LogP contribution in [0.3, 0.4) is 0 Å². The Balaban J connectivity index is 2.26. The fraction of sp³-hybridized carbons (Fsp3) is 0.267. The Labute approximate surface area is 138 Å². The van der Waals surface area contributed by atoms with Crippen LogP contribution in [0, 0.1) is 10.1 Å². The van der Waals surface area contributed by atoms with Crippen LogP contribution in [0.1, 0.15) is 24.2 Å². The van der Waals surface area contributed by atoms with Crippen molar-refractivity contribution in [1.29, 1.82) is 0 Å². The van der Waals surface area contributed by atoms with E-state index < -0.39 is 10.9 Å². The summed E-state index contributed by atoms with van der Waals surface area (Å²) in [6, 6.07) is 6.37. The number of carbonyl (C=O) groups excluding carboxylic acids is 1. The van der Waals surface area contributed by atoms with Crippen LogP contribution in [-0.4, -0.2) is 34.0 Å². The van der Waals surface area contributed by atoms with E-state index in [0.717, 1.165) is 0 Å². The summed E-state index contributed by atoms with van der Waals surface area (Å²) in [5, 5.41) is 17.0. The number of aromatic nitrogens is 2. The van der Waals surface area contributed by atoms with Gasteiger partial charge in [-0.1, -0.05) is 0 Å². The second-order valence-electron chi connectivity index (χ2n) is 4.63. The predicted molar refractivity (Wildman–Crippen MR) is 88.5 cm³/mol. The van der Waals surface area contributed by atoms with Crippen molar-refractivity contribution in [3.8, 4) is 0 Å². The van der Waals surface area contributed by atoms with Crippen LogP contribution in [-0.2, 0) is 4.74 Å². The normalized spacial score (nSPS) is 10.1. The zero-order valence-corrected chi connectivity index (χ0v) is 13.3. The lowest BCUT2D eigenvalue weighted by Gasteiger charge is -2.09. The number of anilines is 3. The summed E-state index contributed by atoms with van der Waals surface area (Å²) in [7, 11) is 0. The SMILES string of the molecule is CCNc1ncnc(Nc2ccc(C(=O)OCC)cc2)c1[N+](=O)[O-]. The van der Waals surface area contributed by atoms with E-state index >= 15 is 0 Å². The number of rotatable bonds is 7. The Morgan fingerprint density at radius 3 is 2.46 bits per heavy atom. The average Bonchev–Trinajstić information content (AvgIpc) is 2.56. The summed E-state index contributed by atoms with van der Waals surface area (Å²) in [5.74, 6) is -0.218. The lowest BCUT2D eigenvalue weighted by atomic mass is 10.2. The molecule has 1 aromatic carbocycles. The quantitative estimate of drug-likeness (QED) is 0.451. The molecular weight excluding hydrogens is 314 g/mol. The molecule has 0 saturated carbocycles. The number of nitrogens with zero attached hydrogens (tertiary/aromatic N) is 3. The fourth-order valence-electron chi connectivity index (χ4n) is 1.98. The van der Waals surface area contributed by atoms with Gasteiger partial charge in [0, 0.05) is 12.2 Å². The largest absolute Gasteiger partial charge is 0.462 e. The van der Waals surface area contributed by atoms with Crippen molar-refractivity contribution in [1.82, 2.24) is 9.97 Å². The van der Waals surface area contributed by atoms with Gasteiger partial charge in [-0.05, 0) is 38.1 Å². The molecule has 0 fully saturated rings. The molecule has 0 radical (unpaired) electrons. The van der Waals surface area contributed by atoms with E-state index in [2.05, 4.69) is 20.6 Å². The van der Waals surface area contributed by atoms with Crippen LogP contribution < -0.4 is 10.6 Å². The fourth-order valence-corrected chi connectivity index (χ4v) is 1.98. The Morgan fingerprint density at radius 2 is 1.88 bits per heavy atom. The number of carbonyl (C=O) groups is 1. The van der Waals surface area contributed by atoms with E-state index in [-0.39, 0.29) is 17.3 Å². The molecule has 2 rings (SSSR count). The summed E-state index contributed by atoms with van der Waals surface area (Å²) in [6.07, 6.45) is 1.24. The van der Waals surface area contributed by atoms with Crippen molar-refractivity contribution < 1.29 is 14.5 Å². The molecule has 1 heterocycles. The molecular formula is C15H17N5O4. The molecule has 126 valence electrons. The third-order valence-electron chi connectivity index (χ3n) is 3.01.